The summed E-state index contributed by atoms with van der Waals surface area (Å²) in [5.74, 6) is 3.47. The van der Waals surface area contributed by atoms with Crippen LogP contribution in [0.1, 0.15) is 26.7 Å². The van der Waals surface area contributed by atoms with E-state index in [2.05, 4.69) is 25.1 Å². The first kappa shape index (κ1) is 9.52. The zero-order valence-corrected chi connectivity index (χ0v) is 7.06. The van der Waals surface area contributed by atoms with Gasteiger partial charge in [-0.25, -0.2) is 0 Å². The molecule has 58 valence electrons. The Morgan fingerprint density at radius 2 is 2.00 bits per heavy atom. The van der Waals surface area contributed by atoms with Crippen molar-refractivity contribution in [1.29, 1.82) is 0 Å². The van der Waals surface area contributed by atoms with Crippen molar-refractivity contribution in [2.24, 2.45) is 5.92 Å². The summed E-state index contributed by atoms with van der Waals surface area (Å²) >= 11 is 0. The average molecular weight is 140 g/mol. The Kier molecular flexibility index (Phi) is 6.32. The van der Waals surface area contributed by atoms with E-state index in [9.17, 15) is 0 Å². The first-order valence-electron chi connectivity index (χ1n) is 4.10. The van der Waals surface area contributed by atoms with Gasteiger partial charge in [0.05, 0.1) is 6.54 Å². The number of quaternary nitrogens is 1. The topological polar surface area (TPSA) is 16.6 Å². The molecular weight excluding hydrogens is 122 g/mol. The summed E-state index contributed by atoms with van der Waals surface area (Å²) in [6.07, 6.45) is 7.67. The zero-order valence-electron chi connectivity index (χ0n) is 7.06. The molecule has 0 heterocycles. The van der Waals surface area contributed by atoms with Crippen molar-refractivity contribution in [2.45, 2.75) is 26.7 Å². The third-order valence-electron chi connectivity index (χ3n) is 1.92. The quantitative estimate of drug-likeness (QED) is 0.426. The molecule has 0 aromatic heterocycles. The molecule has 0 rings (SSSR count). The van der Waals surface area contributed by atoms with Gasteiger partial charge in [0.1, 0.15) is 6.54 Å². The van der Waals surface area contributed by atoms with Crippen LogP contribution in [-0.2, 0) is 0 Å². The Morgan fingerprint density at radius 1 is 1.40 bits per heavy atom. The normalized spacial score (nSPS) is 9.80. The molecule has 2 N–H and O–H groups in total. The van der Waals surface area contributed by atoms with Crippen LogP contribution in [0.3, 0.4) is 0 Å². The van der Waals surface area contributed by atoms with Crippen LogP contribution < -0.4 is 5.32 Å². The van der Waals surface area contributed by atoms with E-state index in [1.807, 2.05) is 0 Å². The molecule has 0 spiro atoms. The van der Waals surface area contributed by atoms with E-state index >= 15 is 0 Å². The molecule has 0 saturated carbocycles. The molecule has 0 amide bonds. The maximum absolute atomic E-state index is 5.12. The van der Waals surface area contributed by atoms with Gasteiger partial charge in [-0.2, -0.15) is 0 Å². The highest BCUT2D eigenvalue weighted by molar-refractivity contribution is 4.81. The van der Waals surface area contributed by atoms with E-state index in [0.717, 1.165) is 12.5 Å². The fraction of sp³-hybridized carbons (Fsp3) is 0.778. The van der Waals surface area contributed by atoms with Gasteiger partial charge in [-0.1, -0.05) is 13.8 Å². The molecule has 0 fully saturated rings. The molecule has 0 aliphatic carbocycles. The Bertz CT molecular complexity index is 97.8. The third kappa shape index (κ3) is 4.40. The highest BCUT2D eigenvalue weighted by atomic mass is 14.8. The van der Waals surface area contributed by atoms with Crippen molar-refractivity contribution in [3.05, 3.63) is 0 Å². The van der Waals surface area contributed by atoms with Gasteiger partial charge >= 0.3 is 0 Å². The molecule has 0 saturated heterocycles. The van der Waals surface area contributed by atoms with Crippen LogP contribution in [0.15, 0.2) is 0 Å². The van der Waals surface area contributed by atoms with Crippen LogP contribution in [0.4, 0.5) is 0 Å². The molecule has 0 unspecified atom stereocenters. The molecule has 0 aliphatic heterocycles. The highest BCUT2D eigenvalue weighted by Gasteiger charge is 2.03. The summed E-state index contributed by atoms with van der Waals surface area (Å²) in [6.45, 7) is 6.49. The minimum Gasteiger partial charge on any atom is -0.336 e. The molecule has 0 radical (unpaired) electrons. The summed E-state index contributed by atoms with van der Waals surface area (Å²) < 4.78 is 0. The van der Waals surface area contributed by atoms with Crippen molar-refractivity contribution in [3.8, 4) is 12.3 Å². The molecule has 0 bridgehead atoms. The van der Waals surface area contributed by atoms with Crippen LogP contribution in [0, 0.1) is 18.3 Å². The third-order valence-corrected chi connectivity index (χ3v) is 1.92. The maximum Gasteiger partial charge on any atom is 0.137 e. The number of hydrogen-bond donors (Lipinski definition) is 1. The molecule has 1 heteroatoms. The number of rotatable bonds is 5. The van der Waals surface area contributed by atoms with E-state index in [-0.39, 0.29) is 0 Å². The average Bonchev–Trinajstić information content (AvgIpc) is 1.99. The Balaban J connectivity index is 3.19. The summed E-state index contributed by atoms with van der Waals surface area (Å²) in [7, 11) is 0. The van der Waals surface area contributed by atoms with Crippen molar-refractivity contribution in [1.82, 2.24) is 0 Å². The molecule has 0 atom stereocenters. The predicted molar refractivity (Wildman–Crippen MR) is 44.6 cm³/mol. The number of terminal acetylenes is 1. The molecule has 0 aromatic carbocycles. The Hall–Kier alpha value is -0.480. The standard InChI is InChI=1S/C9H17N/c1-4-7-10-8-9(5-2)6-3/h1,9-10H,5-8H2,2-3H3/p+1. The largest absolute Gasteiger partial charge is 0.336 e. The lowest BCUT2D eigenvalue weighted by Crippen LogP contribution is -2.85. The minimum atomic E-state index is 0.830. The summed E-state index contributed by atoms with van der Waals surface area (Å²) in [5, 5.41) is 2.21. The first-order chi connectivity index (χ1) is 4.85. The highest BCUT2D eigenvalue weighted by Crippen LogP contribution is 2.02. The monoisotopic (exact) mass is 140 g/mol. The lowest BCUT2D eigenvalue weighted by atomic mass is 10.0. The van der Waals surface area contributed by atoms with Crippen LogP contribution in [0.5, 0.6) is 0 Å². The van der Waals surface area contributed by atoms with Crippen molar-refractivity contribution < 1.29 is 5.32 Å². The van der Waals surface area contributed by atoms with Gasteiger partial charge < -0.3 is 5.32 Å². The number of nitrogens with two attached hydrogens (primary N) is 1. The summed E-state index contributed by atoms with van der Waals surface area (Å²) in [6, 6.07) is 0. The molecule has 0 aromatic rings. The molecule has 1 nitrogen and oxygen atoms in total. The summed E-state index contributed by atoms with van der Waals surface area (Å²) in [5.41, 5.74) is 0. The second-order valence-corrected chi connectivity index (χ2v) is 2.62. The first-order valence-corrected chi connectivity index (χ1v) is 4.10. The van der Waals surface area contributed by atoms with Crippen molar-refractivity contribution in [2.75, 3.05) is 13.1 Å². The number of hydrogen-bond acceptors (Lipinski definition) is 0. The zero-order chi connectivity index (χ0) is 7.82. The second-order valence-electron chi connectivity index (χ2n) is 2.62. The molecule has 10 heavy (non-hydrogen) atoms. The SMILES string of the molecule is C#CC[NH2+]CC(CC)CC. The fourth-order valence-corrected chi connectivity index (χ4v) is 1.02. The van der Waals surface area contributed by atoms with Crippen LogP contribution in [0.25, 0.3) is 0 Å². The van der Waals surface area contributed by atoms with Crippen molar-refractivity contribution in [3.63, 3.8) is 0 Å². The predicted octanol–water partition coefficient (Wildman–Crippen LogP) is 0.619. The minimum absolute atomic E-state index is 0.830. The second kappa shape index (κ2) is 6.64. The van der Waals surface area contributed by atoms with Gasteiger partial charge in [0, 0.05) is 5.92 Å². The van der Waals surface area contributed by atoms with Crippen LogP contribution in [-0.4, -0.2) is 13.1 Å². The molecule has 0 aliphatic rings. The van der Waals surface area contributed by atoms with Gasteiger partial charge in [0.2, 0.25) is 0 Å². The van der Waals surface area contributed by atoms with Gasteiger partial charge in [-0.15, -0.1) is 6.42 Å². The Labute approximate surface area is 64.2 Å². The van der Waals surface area contributed by atoms with E-state index in [1.54, 1.807) is 0 Å². The van der Waals surface area contributed by atoms with Gasteiger partial charge in [0.15, 0.2) is 0 Å². The lowest BCUT2D eigenvalue weighted by molar-refractivity contribution is -0.650. The van der Waals surface area contributed by atoms with E-state index in [1.165, 1.54) is 19.4 Å². The van der Waals surface area contributed by atoms with Crippen LogP contribution >= 0.6 is 0 Å². The summed E-state index contributed by atoms with van der Waals surface area (Å²) in [4.78, 5) is 0. The van der Waals surface area contributed by atoms with E-state index in [4.69, 9.17) is 6.42 Å². The van der Waals surface area contributed by atoms with Crippen molar-refractivity contribution >= 4 is 0 Å². The van der Waals surface area contributed by atoms with E-state index in [0.29, 0.717) is 0 Å². The Morgan fingerprint density at radius 3 is 2.40 bits per heavy atom. The van der Waals surface area contributed by atoms with Gasteiger partial charge in [-0.05, 0) is 18.8 Å². The lowest BCUT2D eigenvalue weighted by Gasteiger charge is -2.08. The van der Waals surface area contributed by atoms with Gasteiger partial charge in [0.25, 0.3) is 0 Å². The smallest absolute Gasteiger partial charge is 0.137 e. The molecular formula is C9H18N+. The fourth-order valence-electron chi connectivity index (χ4n) is 1.02. The van der Waals surface area contributed by atoms with Gasteiger partial charge in [-0.3, -0.25) is 0 Å². The maximum atomic E-state index is 5.12. The van der Waals surface area contributed by atoms with Crippen LogP contribution in [0.2, 0.25) is 0 Å². The van der Waals surface area contributed by atoms with E-state index < -0.39 is 0 Å².